The number of rotatable bonds is 4. The normalized spacial score (nSPS) is 27.2. The van der Waals surface area contributed by atoms with E-state index >= 15 is 0 Å². The Labute approximate surface area is 104 Å². The van der Waals surface area contributed by atoms with E-state index in [1.807, 2.05) is 6.07 Å². The summed E-state index contributed by atoms with van der Waals surface area (Å²) in [5.41, 5.74) is 0.431. The molecular weight excluding hydrogens is 214 g/mol. The molecule has 1 saturated carbocycles. The van der Waals surface area contributed by atoms with Crippen LogP contribution in [0, 0.1) is 22.7 Å². The minimum absolute atomic E-state index is 0.0910. The third-order valence-corrected chi connectivity index (χ3v) is 3.58. The summed E-state index contributed by atoms with van der Waals surface area (Å²) in [5.74, 6) is 0.506. The topological polar surface area (TPSA) is 64.9 Å². The van der Waals surface area contributed by atoms with Gasteiger partial charge in [0.25, 0.3) is 0 Å². The van der Waals surface area contributed by atoms with Crippen molar-refractivity contribution < 1.29 is 4.79 Å². The zero-order chi connectivity index (χ0) is 12.9. The van der Waals surface area contributed by atoms with Gasteiger partial charge in [-0.15, -0.1) is 0 Å². The SMILES string of the molecule is C[C@@H]1CC(C)(C)CC[C@H]1NCC(=O)NCC#N. The van der Waals surface area contributed by atoms with Gasteiger partial charge in [-0.3, -0.25) is 4.79 Å². The lowest BCUT2D eigenvalue weighted by Crippen LogP contribution is -2.45. The molecule has 0 aliphatic heterocycles. The molecule has 1 aliphatic rings. The molecule has 0 unspecified atom stereocenters. The van der Waals surface area contributed by atoms with Crippen LogP contribution < -0.4 is 10.6 Å². The summed E-state index contributed by atoms with van der Waals surface area (Å²) in [6.45, 7) is 7.26. The molecule has 96 valence electrons. The van der Waals surface area contributed by atoms with Gasteiger partial charge in [0.2, 0.25) is 5.91 Å². The molecule has 1 rings (SSSR count). The second-order valence-electron chi connectivity index (χ2n) is 5.81. The van der Waals surface area contributed by atoms with Gasteiger partial charge in [-0.2, -0.15) is 5.26 Å². The Kier molecular flexibility index (Phi) is 4.95. The molecule has 0 heterocycles. The average Bonchev–Trinajstić information content (AvgIpc) is 2.24. The van der Waals surface area contributed by atoms with E-state index in [0.29, 0.717) is 23.9 Å². The maximum atomic E-state index is 11.4. The van der Waals surface area contributed by atoms with E-state index < -0.39 is 0 Å². The standard InChI is InChI=1S/C13H23N3O/c1-10-8-13(2,3)5-4-11(10)16-9-12(17)15-7-6-14/h10-11,16H,4-5,7-9H2,1-3H3,(H,15,17)/t10-,11-/m1/s1. The van der Waals surface area contributed by atoms with Gasteiger partial charge in [0.1, 0.15) is 6.54 Å². The molecule has 2 atom stereocenters. The molecule has 0 spiro atoms. The van der Waals surface area contributed by atoms with Gasteiger partial charge in [-0.1, -0.05) is 20.8 Å². The molecule has 1 amide bonds. The minimum Gasteiger partial charge on any atom is -0.342 e. The molecule has 17 heavy (non-hydrogen) atoms. The van der Waals surface area contributed by atoms with Crippen molar-refractivity contribution in [1.82, 2.24) is 10.6 Å². The number of nitrogens with one attached hydrogen (secondary N) is 2. The molecular formula is C13H23N3O. The van der Waals surface area contributed by atoms with Crippen LogP contribution in [0.4, 0.5) is 0 Å². The first-order valence-corrected chi connectivity index (χ1v) is 6.31. The molecule has 4 heteroatoms. The summed E-state index contributed by atoms with van der Waals surface area (Å²) in [5, 5.41) is 14.2. The fourth-order valence-corrected chi connectivity index (χ4v) is 2.67. The van der Waals surface area contributed by atoms with E-state index in [9.17, 15) is 4.79 Å². The molecule has 0 aromatic rings. The van der Waals surface area contributed by atoms with Crippen molar-refractivity contribution in [1.29, 1.82) is 5.26 Å². The summed E-state index contributed by atoms with van der Waals surface area (Å²) in [6.07, 6.45) is 3.53. The third kappa shape index (κ3) is 4.74. The summed E-state index contributed by atoms with van der Waals surface area (Å²) < 4.78 is 0. The van der Waals surface area contributed by atoms with Crippen LogP contribution in [0.1, 0.15) is 40.0 Å². The lowest BCUT2D eigenvalue weighted by Gasteiger charge is -2.39. The van der Waals surface area contributed by atoms with Gasteiger partial charge < -0.3 is 10.6 Å². The van der Waals surface area contributed by atoms with Gasteiger partial charge in [-0.25, -0.2) is 0 Å². The summed E-state index contributed by atoms with van der Waals surface area (Å²) >= 11 is 0. The highest BCUT2D eigenvalue weighted by molar-refractivity contribution is 5.78. The van der Waals surface area contributed by atoms with Crippen LogP contribution in [0.3, 0.4) is 0 Å². The molecule has 0 aromatic carbocycles. The van der Waals surface area contributed by atoms with Crippen LogP contribution in [0.25, 0.3) is 0 Å². The quantitative estimate of drug-likeness (QED) is 0.727. The van der Waals surface area contributed by atoms with E-state index in [1.54, 1.807) is 0 Å². The predicted molar refractivity (Wildman–Crippen MR) is 67.2 cm³/mol. The Bertz CT molecular complexity index is 306. The van der Waals surface area contributed by atoms with Gasteiger partial charge in [0.15, 0.2) is 0 Å². The highest BCUT2D eigenvalue weighted by Gasteiger charge is 2.32. The maximum Gasteiger partial charge on any atom is 0.234 e. The number of amides is 1. The van der Waals surface area contributed by atoms with Crippen LogP contribution >= 0.6 is 0 Å². The predicted octanol–water partition coefficient (Wildman–Crippen LogP) is 1.43. The van der Waals surface area contributed by atoms with Crippen LogP contribution in [-0.4, -0.2) is 25.0 Å². The van der Waals surface area contributed by atoms with Gasteiger partial charge >= 0.3 is 0 Å². The van der Waals surface area contributed by atoms with E-state index in [1.165, 1.54) is 12.8 Å². The monoisotopic (exact) mass is 237 g/mol. The van der Waals surface area contributed by atoms with Crippen molar-refractivity contribution in [3.05, 3.63) is 0 Å². The highest BCUT2D eigenvalue weighted by Crippen LogP contribution is 2.38. The summed E-state index contributed by atoms with van der Waals surface area (Å²) in [7, 11) is 0. The van der Waals surface area contributed by atoms with Crippen molar-refractivity contribution in [3.63, 3.8) is 0 Å². The smallest absolute Gasteiger partial charge is 0.234 e. The molecule has 1 aliphatic carbocycles. The largest absolute Gasteiger partial charge is 0.342 e. The Balaban J connectivity index is 2.29. The second kappa shape index (κ2) is 6.02. The van der Waals surface area contributed by atoms with Crippen molar-refractivity contribution in [2.45, 2.75) is 46.1 Å². The highest BCUT2D eigenvalue weighted by atomic mass is 16.1. The molecule has 0 radical (unpaired) electrons. The molecule has 2 N–H and O–H groups in total. The van der Waals surface area contributed by atoms with E-state index in [2.05, 4.69) is 31.4 Å². The van der Waals surface area contributed by atoms with Crippen LogP contribution in [0.15, 0.2) is 0 Å². The second-order valence-corrected chi connectivity index (χ2v) is 5.81. The minimum atomic E-state index is -0.0939. The Morgan fingerprint density at radius 2 is 2.24 bits per heavy atom. The number of hydrogen-bond donors (Lipinski definition) is 2. The number of carbonyl (C=O) groups is 1. The number of nitriles is 1. The molecule has 0 saturated heterocycles. The van der Waals surface area contributed by atoms with Crippen molar-refractivity contribution in [2.75, 3.05) is 13.1 Å². The van der Waals surface area contributed by atoms with Crippen molar-refractivity contribution >= 4 is 5.91 Å². The first-order chi connectivity index (χ1) is 7.94. The number of carbonyl (C=O) groups excluding carboxylic acids is 1. The zero-order valence-corrected chi connectivity index (χ0v) is 11.0. The van der Waals surface area contributed by atoms with Crippen LogP contribution in [0.2, 0.25) is 0 Å². The molecule has 1 fully saturated rings. The van der Waals surface area contributed by atoms with Crippen molar-refractivity contribution in [3.8, 4) is 6.07 Å². The Morgan fingerprint density at radius 3 is 2.82 bits per heavy atom. The maximum absolute atomic E-state index is 11.4. The Hall–Kier alpha value is -1.08. The molecule has 0 aromatic heterocycles. The van der Waals surface area contributed by atoms with Crippen LogP contribution in [-0.2, 0) is 4.79 Å². The number of hydrogen-bond acceptors (Lipinski definition) is 3. The molecule has 4 nitrogen and oxygen atoms in total. The van der Waals surface area contributed by atoms with E-state index in [-0.39, 0.29) is 12.5 Å². The first kappa shape index (κ1) is 14.0. The van der Waals surface area contributed by atoms with E-state index in [4.69, 9.17) is 5.26 Å². The Morgan fingerprint density at radius 1 is 1.53 bits per heavy atom. The summed E-state index contributed by atoms with van der Waals surface area (Å²) in [4.78, 5) is 11.4. The van der Waals surface area contributed by atoms with E-state index in [0.717, 1.165) is 6.42 Å². The lowest BCUT2D eigenvalue weighted by molar-refractivity contribution is -0.120. The summed E-state index contributed by atoms with van der Waals surface area (Å²) in [6, 6.07) is 2.32. The lowest BCUT2D eigenvalue weighted by atomic mass is 9.70. The van der Waals surface area contributed by atoms with Crippen LogP contribution in [0.5, 0.6) is 0 Å². The zero-order valence-electron chi connectivity index (χ0n) is 11.0. The van der Waals surface area contributed by atoms with Crippen molar-refractivity contribution in [2.24, 2.45) is 11.3 Å². The average molecular weight is 237 g/mol. The van der Waals surface area contributed by atoms with Gasteiger partial charge in [-0.05, 0) is 30.6 Å². The third-order valence-electron chi connectivity index (χ3n) is 3.58. The fourth-order valence-electron chi connectivity index (χ4n) is 2.67. The number of nitrogens with zero attached hydrogens (tertiary/aromatic N) is 1. The molecule has 0 bridgehead atoms. The first-order valence-electron chi connectivity index (χ1n) is 6.31. The van der Waals surface area contributed by atoms with Gasteiger partial charge in [0, 0.05) is 6.04 Å². The van der Waals surface area contributed by atoms with Gasteiger partial charge in [0.05, 0.1) is 12.6 Å². The fraction of sp³-hybridized carbons (Fsp3) is 0.846.